The van der Waals surface area contributed by atoms with E-state index in [1.54, 1.807) is 0 Å². The minimum Gasteiger partial charge on any atom is -0.315 e. The molecule has 0 aromatic heterocycles. The number of likely N-dealkylation sites (N-methyl/N-ethyl adjacent to an activating group) is 1. The van der Waals surface area contributed by atoms with Gasteiger partial charge in [-0.2, -0.15) is 0 Å². The molecule has 0 spiro atoms. The van der Waals surface area contributed by atoms with Gasteiger partial charge in [0.05, 0.1) is 0 Å². The van der Waals surface area contributed by atoms with Crippen LogP contribution in [0, 0.1) is 0 Å². The first-order chi connectivity index (χ1) is 4.85. The first kappa shape index (κ1) is 10.4. The predicted molar refractivity (Wildman–Crippen MR) is 53.4 cm³/mol. The Morgan fingerprint density at radius 2 is 2.30 bits per heavy atom. The summed E-state index contributed by atoms with van der Waals surface area (Å²) in [6.45, 7) is 5.24. The van der Waals surface area contributed by atoms with E-state index in [2.05, 4.69) is 25.2 Å². The predicted octanol–water partition coefficient (Wildman–Crippen LogP) is 2.51. The monoisotopic (exact) mass is 177 g/mol. The summed E-state index contributed by atoms with van der Waals surface area (Å²) in [4.78, 5) is 1.41. The molecular formula is C7H15NS2. The van der Waals surface area contributed by atoms with Crippen LogP contribution in [-0.2, 0) is 0 Å². The average molecular weight is 177 g/mol. The second-order valence-electron chi connectivity index (χ2n) is 1.78. The van der Waals surface area contributed by atoms with Crippen molar-refractivity contribution in [2.75, 3.05) is 19.3 Å². The van der Waals surface area contributed by atoms with E-state index in [1.165, 1.54) is 10.7 Å². The second kappa shape index (κ2) is 7.51. The van der Waals surface area contributed by atoms with Gasteiger partial charge in [0.15, 0.2) is 0 Å². The normalized spacial score (nSPS) is 12.1. The molecule has 0 aliphatic carbocycles. The largest absolute Gasteiger partial charge is 0.315 e. The Morgan fingerprint density at radius 1 is 1.60 bits per heavy atom. The van der Waals surface area contributed by atoms with Crippen molar-refractivity contribution in [3.8, 4) is 0 Å². The Bertz CT molecular complexity index is 102. The molecule has 10 heavy (non-hydrogen) atoms. The number of hydrogen-bond donors (Lipinski definition) is 1. The van der Waals surface area contributed by atoms with Crippen molar-refractivity contribution in [3.05, 3.63) is 11.0 Å². The van der Waals surface area contributed by atoms with Gasteiger partial charge in [-0.1, -0.05) is 34.6 Å². The van der Waals surface area contributed by atoms with E-state index in [0.29, 0.717) is 0 Å². The molecule has 0 rings (SSSR count). The molecule has 0 saturated heterocycles. The maximum Gasteiger partial charge on any atom is 0.0267 e. The lowest BCUT2D eigenvalue weighted by Crippen LogP contribution is -2.07. The highest BCUT2D eigenvalue weighted by Crippen LogP contribution is 2.28. The third-order valence-corrected chi connectivity index (χ3v) is 3.61. The van der Waals surface area contributed by atoms with Crippen molar-refractivity contribution >= 4 is 21.6 Å². The van der Waals surface area contributed by atoms with Crippen LogP contribution in [-0.4, -0.2) is 19.3 Å². The molecule has 0 heterocycles. The van der Waals surface area contributed by atoms with Crippen molar-refractivity contribution in [1.29, 1.82) is 0 Å². The molecule has 0 radical (unpaired) electrons. The summed E-state index contributed by atoms with van der Waals surface area (Å²) in [5, 5.41) is 3.13. The topological polar surface area (TPSA) is 12.0 Å². The van der Waals surface area contributed by atoms with Gasteiger partial charge in [-0.3, -0.25) is 0 Å². The number of allylic oxidation sites excluding steroid dienone is 1. The maximum absolute atomic E-state index is 3.13. The highest BCUT2D eigenvalue weighted by atomic mass is 33.1. The van der Waals surface area contributed by atoms with Crippen molar-refractivity contribution in [3.63, 3.8) is 0 Å². The lowest BCUT2D eigenvalue weighted by molar-refractivity contribution is 0.910. The molecule has 0 aromatic carbocycles. The van der Waals surface area contributed by atoms with Gasteiger partial charge in [0, 0.05) is 17.2 Å². The zero-order valence-corrected chi connectivity index (χ0v) is 8.44. The van der Waals surface area contributed by atoms with E-state index in [4.69, 9.17) is 0 Å². The second-order valence-corrected chi connectivity index (χ2v) is 4.49. The molecule has 1 nitrogen and oxygen atoms in total. The standard InChI is InChI=1S/C7H15NS2/c1-4-7(6-8-3)10-9-5-2/h4,8H,5-6H2,1-3H3/b7-4-. The summed E-state index contributed by atoms with van der Waals surface area (Å²) in [5.41, 5.74) is 0. The lowest BCUT2D eigenvalue weighted by atomic mass is 10.5. The van der Waals surface area contributed by atoms with Crippen LogP contribution in [0.5, 0.6) is 0 Å². The van der Waals surface area contributed by atoms with Crippen LogP contribution in [0.3, 0.4) is 0 Å². The van der Waals surface area contributed by atoms with Gasteiger partial charge >= 0.3 is 0 Å². The first-order valence-electron chi connectivity index (χ1n) is 3.44. The number of hydrogen-bond acceptors (Lipinski definition) is 3. The fourth-order valence-electron chi connectivity index (χ4n) is 0.488. The van der Waals surface area contributed by atoms with Crippen LogP contribution >= 0.6 is 21.6 Å². The van der Waals surface area contributed by atoms with Crippen molar-refractivity contribution in [1.82, 2.24) is 5.32 Å². The zero-order chi connectivity index (χ0) is 7.82. The van der Waals surface area contributed by atoms with Crippen LogP contribution in [0.4, 0.5) is 0 Å². The zero-order valence-electron chi connectivity index (χ0n) is 6.81. The summed E-state index contributed by atoms with van der Waals surface area (Å²) < 4.78 is 0. The molecule has 0 aromatic rings. The summed E-state index contributed by atoms with van der Waals surface area (Å²) >= 11 is 0. The Balaban J connectivity index is 3.41. The molecule has 0 saturated carbocycles. The smallest absolute Gasteiger partial charge is 0.0267 e. The van der Waals surface area contributed by atoms with E-state index >= 15 is 0 Å². The molecule has 0 aliphatic rings. The molecule has 0 unspecified atom stereocenters. The van der Waals surface area contributed by atoms with Gasteiger partial charge < -0.3 is 5.32 Å². The summed E-state index contributed by atoms with van der Waals surface area (Å²) in [6.07, 6.45) is 2.16. The van der Waals surface area contributed by atoms with Crippen molar-refractivity contribution in [2.24, 2.45) is 0 Å². The number of rotatable bonds is 5. The number of nitrogens with one attached hydrogen (secondary N) is 1. The average Bonchev–Trinajstić information content (AvgIpc) is 1.98. The Labute approximate surface area is 71.4 Å². The summed E-state index contributed by atoms with van der Waals surface area (Å²) in [5.74, 6) is 1.17. The minimum atomic E-state index is 0.994. The molecule has 0 bridgehead atoms. The molecule has 1 N–H and O–H groups in total. The molecule has 60 valence electrons. The molecule has 0 atom stereocenters. The van der Waals surface area contributed by atoms with Crippen LogP contribution in [0.15, 0.2) is 11.0 Å². The van der Waals surface area contributed by atoms with Crippen molar-refractivity contribution in [2.45, 2.75) is 13.8 Å². The third kappa shape index (κ3) is 5.21. The van der Waals surface area contributed by atoms with Crippen LogP contribution in [0.1, 0.15) is 13.8 Å². The molecule has 0 fully saturated rings. The van der Waals surface area contributed by atoms with Gasteiger partial charge in [0.25, 0.3) is 0 Å². The Hall–Kier alpha value is 0.400. The summed E-state index contributed by atoms with van der Waals surface area (Å²) in [6, 6.07) is 0. The molecular weight excluding hydrogens is 162 g/mol. The van der Waals surface area contributed by atoms with E-state index < -0.39 is 0 Å². The Kier molecular flexibility index (Phi) is 7.81. The lowest BCUT2D eigenvalue weighted by Gasteiger charge is -2.02. The first-order valence-corrected chi connectivity index (χ1v) is 5.76. The van der Waals surface area contributed by atoms with Gasteiger partial charge in [0.1, 0.15) is 0 Å². The third-order valence-electron chi connectivity index (χ3n) is 0.957. The molecule has 0 aliphatic heterocycles. The SMILES string of the molecule is C/C=C(/CNC)SSCC. The quantitative estimate of drug-likeness (QED) is 0.648. The Morgan fingerprint density at radius 3 is 2.70 bits per heavy atom. The van der Waals surface area contributed by atoms with Gasteiger partial charge in [0.2, 0.25) is 0 Å². The summed E-state index contributed by atoms with van der Waals surface area (Å²) in [7, 11) is 5.72. The minimum absolute atomic E-state index is 0.994. The molecule has 0 amide bonds. The van der Waals surface area contributed by atoms with E-state index in [1.807, 2.05) is 28.6 Å². The fourth-order valence-corrected chi connectivity index (χ4v) is 2.33. The van der Waals surface area contributed by atoms with Crippen molar-refractivity contribution < 1.29 is 0 Å². The van der Waals surface area contributed by atoms with Crippen LogP contribution in [0.25, 0.3) is 0 Å². The highest BCUT2D eigenvalue weighted by molar-refractivity contribution is 8.78. The highest BCUT2D eigenvalue weighted by Gasteiger charge is 1.93. The molecule has 3 heteroatoms. The maximum atomic E-state index is 3.13. The van der Waals surface area contributed by atoms with Gasteiger partial charge in [-0.25, -0.2) is 0 Å². The van der Waals surface area contributed by atoms with Gasteiger partial charge in [-0.05, 0) is 14.0 Å². The van der Waals surface area contributed by atoms with Gasteiger partial charge in [-0.15, -0.1) is 0 Å². The van der Waals surface area contributed by atoms with Crippen LogP contribution in [0.2, 0.25) is 0 Å². The van der Waals surface area contributed by atoms with Crippen LogP contribution < -0.4 is 5.32 Å². The van der Waals surface area contributed by atoms with E-state index in [0.717, 1.165) is 6.54 Å². The fraction of sp³-hybridized carbons (Fsp3) is 0.714. The van der Waals surface area contributed by atoms with E-state index in [-0.39, 0.29) is 0 Å². The van der Waals surface area contributed by atoms with E-state index in [9.17, 15) is 0 Å².